The van der Waals surface area contributed by atoms with E-state index in [9.17, 15) is 0 Å². The number of benzene rings is 1. The number of aromatic nitrogens is 2. The summed E-state index contributed by atoms with van der Waals surface area (Å²) in [5.41, 5.74) is 2.33. The van der Waals surface area contributed by atoms with E-state index in [1.54, 1.807) is 0 Å². The van der Waals surface area contributed by atoms with Crippen LogP contribution < -0.4 is 5.32 Å². The molecular formula is C15H17N3. The van der Waals surface area contributed by atoms with E-state index in [1.807, 2.05) is 29.1 Å². The number of hydrogen-bond donors (Lipinski definition) is 1. The van der Waals surface area contributed by atoms with Gasteiger partial charge in [0.1, 0.15) is 0 Å². The summed E-state index contributed by atoms with van der Waals surface area (Å²) in [6.45, 7) is 3.53. The average molecular weight is 239 g/mol. The average Bonchev–Trinajstić information content (AvgIpc) is 2.89. The molecule has 0 aliphatic carbocycles. The number of hydrogen-bond acceptors (Lipinski definition) is 2. The van der Waals surface area contributed by atoms with E-state index in [4.69, 9.17) is 6.42 Å². The van der Waals surface area contributed by atoms with Crippen molar-refractivity contribution in [3.05, 3.63) is 42.7 Å². The number of rotatable bonds is 5. The molecule has 0 fully saturated rings. The SMILES string of the molecule is C#CCNCC(C)n1cc(-c2ccccc2)cn1. The molecule has 18 heavy (non-hydrogen) atoms. The first-order chi connectivity index (χ1) is 8.81. The largest absolute Gasteiger partial charge is 0.304 e. The molecule has 3 nitrogen and oxygen atoms in total. The van der Waals surface area contributed by atoms with Gasteiger partial charge in [0.25, 0.3) is 0 Å². The normalized spacial score (nSPS) is 12.0. The fourth-order valence-electron chi connectivity index (χ4n) is 1.81. The molecule has 0 saturated carbocycles. The molecule has 1 heterocycles. The van der Waals surface area contributed by atoms with Gasteiger partial charge >= 0.3 is 0 Å². The van der Waals surface area contributed by atoms with Gasteiger partial charge in [0.05, 0.1) is 18.8 Å². The van der Waals surface area contributed by atoms with Crippen LogP contribution in [0.5, 0.6) is 0 Å². The van der Waals surface area contributed by atoms with Crippen molar-refractivity contribution in [3.63, 3.8) is 0 Å². The zero-order valence-corrected chi connectivity index (χ0v) is 10.5. The minimum Gasteiger partial charge on any atom is -0.304 e. The van der Waals surface area contributed by atoms with Gasteiger partial charge in [0.15, 0.2) is 0 Å². The maximum atomic E-state index is 5.20. The maximum absolute atomic E-state index is 5.20. The first-order valence-corrected chi connectivity index (χ1v) is 6.05. The molecule has 0 saturated heterocycles. The predicted octanol–water partition coefficient (Wildman–Crippen LogP) is 2.33. The Labute approximate surface area is 108 Å². The predicted molar refractivity (Wildman–Crippen MR) is 74.1 cm³/mol. The van der Waals surface area contributed by atoms with E-state index < -0.39 is 0 Å². The Morgan fingerprint density at radius 1 is 1.33 bits per heavy atom. The van der Waals surface area contributed by atoms with Crippen molar-refractivity contribution in [1.29, 1.82) is 0 Å². The van der Waals surface area contributed by atoms with Gasteiger partial charge in [0, 0.05) is 18.3 Å². The molecule has 1 atom stereocenters. The van der Waals surface area contributed by atoms with Crippen LogP contribution in [0.4, 0.5) is 0 Å². The lowest BCUT2D eigenvalue weighted by molar-refractivity contribution is 0.465. The van der Waals surface area contributed by atoms with Crippen LogP contribution in [0.1, 0.15) is 13.0 Å². The second kappa shape index (κ2) is 6.04. The Hall–Kier alpha value is -2.05. The Morgan fingerprint density at radius 2 is 2.11 bits per heavy atom. The topological polar surface area (TPSA) is 29.9 Å². The van der Waals surface area contributed by atoms with E-state index >= 15 is 0 Å². The lowest BCUT2D eigenvalue weighted by Crippen LogP contribution is -2.24. The summed E-state index contributed by atoms with van der Waals surface area (Å²) in [7, 11) is 0. The third kappa shape index (κ3) is 2.99. The van der Waals surface area contributed by atoms with Gasteiger partial charge in [-0.3, -0.25) is 4.68 Å². The van der Waals surface area contributed by atoms with Gasteiger partial charge in [-0.05, 0) is 12.5 Å². The van der Waals surface area contributed by atoms with Crippen molar-refractivity contribution < 1.29 is 0 Å². The number of terminal acetylenes is 1. The van der Waals surface area contributed by atoms with E-state index in [2.05, 4.69) is 41.6 Å². The van der Waals surface area contributed by atoms with Crippen LogP contribution in [-0.4, -0.2) is 22.9 Å². The molecule has 0 amide bonds. The molecule has 2 rings (SSSR count). The highest BCUT2D eigenvalue weighted by molar-refractivity contribution is 5.61. The molecule has 0 bridgehead atoms. The molecule has 0 spiro atoms. The zero-order valence-electron chi connectivity index (χ0n) is 10.5. The van der Waals surface area contributed by atoms with Gasteiger partial charge in [-0.2, -0.15) is 5.10 Å². The Bertz CT molecular complexity index is 522. The van der Waals surface area contributed by atoms with Crippen LogP contribution in [0.25, 0.3) is 11.1 Å². The highest BCUT2D eigenvalue weighted by Crippen LogP contribution is 2.19. The highest BCUT2D eigenvalue weighted by Gasteiger charge is 2.06. The molecule has 2 aromatic rings. The summed E-state index contributed by atoms with van der Waals surface area (Å²) in [4.78, 5) is 0. The summed E-state index contributed by atoms with van der Waals surface area (Å²) in [6.07, 6.45) is 9.16. The zero-order chi connectivity index (χ0) is 12.8. The van der Waals surface area contributed by atoms with Gasteiger partial charge in [-0.15, -0.1) is 6.42 Å². The molecule has 0 aliphatic heterocycles. The Kier molecular flexibility index (Phi) is 4.16. The highest BCUT2D eigenvalue weighted by atomic mass is 15.3. The number of nitrogens with one attached hydrogen (secondary N) is 1. The molecule has 3 heteroatoms. The van der Waals surface area contributed by atoms with Crippen LogP contribution in [0.2, 0.25) is 0 Å². The molecule has 1 aromatic carbocycles. The summed E-state index contributed by atoms with van der Waals surface area (Å²) in [5, 5.41) is 7.58. The van der Waals surface area contributed by atoms with Crippen molar-refractivity contribution >= 4 is 0 Å². The molecule has 1 unspecified atom stereocenters. The van der Waals surface area contributed by atoms with E-state index in [-0.39, 0.29) is 6.04 Å². The summed E-state index contributed by atoms with van der Waals surface area (Å²) >= 11 is 0. The lowest BCUT2D eigenvalue weighted by Gasteiger charge is -2.11. The van der Waals surface area contributed by atoms with Crippen LogP contribution in [0.3, 0.4) is 0 Å². The fraction of sp³-hybridized carbons (Fsp3) is 0.267. The minimum atomic E-state index is 0.288. The fourth-order valence-corrected chi connectivity index (χ4v) is 1.81. The Balaban J connectivity index is 2.04. The van der Waals surface area contributed by atoms with E-state index in [0.717, 1.165) is 12.1 Å². The quantitative estimate of drug-likeness (QED) is 0.641. The van der Waals surface area contributed by atoms with Crippen molar-refractivity contribution in [2.24, 2.45) is 0 Å². The summed E-state index contributed by atoms with van der Waals surface area (Å²) < 4.78 is 1.96. The maximum Gasteiger partial charge on any atom is 0.0616 e. The monoisotopic (exact) mass is 239 g/mol. The molecule has 1 aromatic heterocycles. The van der Waals surface area contributed by atoms with Gasteiger partial charge in [0.2, 0.25) is 0 Å². The second-order valence-electron chi connectivity index (χ2n) is 4.26. The first kappa shape index (κ1) is 12.4. The third-order valence-electron chi connectivity index (χ3n) is 2.83. The molecule has 1 N–H and O–H groups in total. The molecule has 0 radical (unpaired) electrons. The van der Waals surface area contributed by atoms with Crippen molar-refractivity contribution in [3.8, 4) is 23.5 Å². The standard InChI is InChI=1S/C15H17N3/c1-3-9-16-10-13(2)18-12-15(11-17-18)14-7-5-4-6-8-14/h1,4-8,11-13,16H,9-10H2,2H3. The van der Waals surface area contributed by atoms with E-state index in [0.29, 0.717) is 6.54 Å². The van der Waals surface area contributed by atoms with Crippen molar-refractivity contribution in [2.45, 2.75) is 13.0 Å². The van der Waals surface area contributed by atoms with Crippen molar-refractivity contribution in [2.75, 3.05) is 13.1 Å². The lowest BCUT2D eigenvalue weighted by atomic mass is 10.1. The van der Waals surface area contributed by atoms with Crippen LogP contribution in [-0.2, 0) is 0 Å². The molecule has 0 aliphatic rings. The smallest absolute Gasteiger partial charge is 0.0616 e. The Morgan fingerprint density at radius 3 is 2.83 bits per heavy atom. The molecule has 92 valence electrons. The van der Waals surface area contributed by atoms with Gasteiger partial charge in [-0.25, -0.2) is 0 Å². The van der Waals surface area contributed by atoms with Gasteiger partial charge < -0.3 is 5.32 Å². The molecular weight excluding hydrogens is 222 g/mol. The van der Waals surface area contributed by atoms with E-state index in [1.165, 1.54) is 5.56 Å². The number of nitrogens with zero attached hydrogens (tertiary/aromatic N) is 2. The first-order valence-electron chi connectivity index (χ1n) is 6.05. The van der Waals surface area contributed by atoms with Gasteiger partial charge in [-0.1, -0.05) is 36.3 Å². The third-order valence-corrected chi connectivity index (χ3v) is 2.83. The summed E-state index contributed by atoms with van der Waals surface area (Å²) in [6, 6.07) is 10.5. The minimum absolute atomic E-state index is 0.288. The van der Waals surface area contributed by atoms with Crippen molar-refractivity contribution in [1.82, 2.24) is 15.1 Å². The van der Waals surface area contributed by atoms with Crippen LogP contribution in [0.15, 0.2) is 42.7 Å². The van der Waals surface area contributed by atoms with Crippen LogP contribution in [0, 0.1) is 12.3 Å². The second-order valence-corrected chi connectivity index (χ2v) is 4.26. The van der Waals surface area contributed by atoms with Crippen LogP contribution >= 0.6 is 0 Å². The summed E-state index contributed by atoms with van der Waals surface area (Å²) in [5.74, 6) is 2.56.